The Morgan fingerprint density at radius 2 is 1.22 bits per heavy atom. The van der Waals surface area contributed by atoms with Crippen LogP contribution in [0.25, 0.3) is 40.9 Å². The van der Waals surface area contributed by atoms with Crippen molar-refractivity contribution < 1.29 is 48.4 Å². The summed E-state index contributed by atoms with van der Waals surface area (Å²) in [5, 5.41) is 7.80. The van der Waals surface area contributed by atoms with Gasteiger partial charge >= 0.3 is 40.7 Å². The molecule has 0 aliphatic carbocycles. The number of hydrogen-bond donors (Lipinski definition) is 4. The summed E-state index contributed by atoms with van der Waals surface area (Å²) in [7, 11) is 1.33. The van der Waals surface area contributed by atoms with E-state index in [2.05, 4.69) is 173 Å². The SMILES string of the molecule is BrBr.COC(=O)c1sccc1N.CSc1ncnc2c(Br)csc12.C[S-].Clc1ncnc2c(Br)csc12.NC=O.O=P(Cl)(Cl)Cl.O=c1[nH]cnc2c(Br)csc12.O=c1[nH]cnc2ccsc12.[Na+]. The third kappa shape index (κ3) is 23.4. The molecule has 0 aromatic carbocycles. The fraction of sp³-hybridized carbons (Fsp3) is 0.0909. The van der Waals surface area contributed by atoms with Gasteiger partial charge in [0.1, 0.15) is 48.1 Å². The Balaban J connectivity index is 0.000000766. The molecule has 1 amide bonds. The minimum absolute atomic E-state index is 0. The zero-order valence-electron chi connectivity index (χ0n) is 33.9. The fourth-order valence-corrected chi connectivity index (χ4v) is 10.9. The number of thioether (sulfide) groups is 1. The number of rotatable bonds is 2. The van der Waals surface area contributed by atoms with Crippen LogP contribution in [0.1, 0.15) is 9.67 Å². The summed E-state index contributed by atoms with van der Waals surface area (Å²) in [5.41, 5.74) is 13.3. The smallest absolute Gasteiger partial charge is 0.796 e. The van der Waals surface area contributed by atoms with Gasteiger partial charge in [0, 0.05) is 44.4 Å². The van der Waals surface area contributed by atoms with E-state index in [9.17, 15) is 18.9 Å². The molecule has 0 atom stereocenters. The van der Waals surface area contributed by atoms with Crippen LogP contribution in [0.15, 0.2) is 92.4 Å². The molecule has 0 saturated carbocycles. The van der Waals surface area contributed by atoms with Gasteiger partial charge in [0.15, 0.2) is 0 Å². The second-order valence-corrected chi connectivity index (χ2v) is 25.0. The first-order valence-corrected chi connectivity index (χ1v) is 33.6. The Morgan fingerprint density at radius 3 is 1.69 bits per heavy atom. The van der Waals surface area contributed by atoms with Crippen molar-refractivity contribution in [3.05, 3.63) is 108 Å². The van der Waals surface area contributed by atoms with Crippen molar-refractivity contribution in [1.29, 1.82) is 0 Å². The molecule has 0 aliphatic heterocycles. The van der Waals surface area contributed by atoms with Crippen molar-refractivity contribution >= 4 is 267 Å². The average Bonchev–Trinajstić information content (AvgIpc) is 4.17. The van der Waals surface area contributed by atoms with Gasteiger partial charge in [-0.25, -0.2) is 34.7 Å². The summed E-state index contributed by atoms with van der Waals surface area (Å²) < 4.78 is 20.3. The van der Waals surface area contributed by atoms with Crippen molar-refractivity contribution in [3.8, 4) is 0 Å². The number of ether oxygens (including phenoxy) is 1. The molecule has 0 unspecified atom stereocenters. The number of esters is 1. The number of hydrogen-bond acceptors (Lipinski definition) is 20. The topological polar surface area (TPSA) is 256 Å². The average molecular weight is 1480 g/mol. The van der Waals surface area contributed by atoms with Gasteiger partial charge in [-0.2, -0.15) is 6.26 Å². The molecule has 356 valence electrons. The number of methoxy groups -OCH3 is 1. The summed E-state index contributed by atoms with van der Waals surface area (Å²) in [6.07, 6.45) is 9.74. The quantitative estimate of drug-likeness (QED) is 0.0239. The number of halogens is 9. The number of primary amides is 1. The molecule has 9 aromatic heterocycles. The van der Waals surface area contributed by atoms with E-state index in [-0.39, 0.29) is 53.1 Å². The van der Waals surface area contributed by atoms with Gasteiger partial charge in [-0.15, -0.1) is 68.4 Å². The molecule has 0 fully saturated rings. The third-order valence-electron chi connectivity index (χ3n) is 6.37. The second-order valence-electron chi connectivity index (χ2n) is 10.2. The maximum Gasteiger partial charge on any atom is 1.00 e. The first-order valence-electron chi connectivity index (χ1n) is 16.2. The number of carbonyl (C=O) groups is 2. The standard InChI is InChI=1S/C7H5BrN2S2.C6H2BrClN2S.C6H3BrN2OS.C6H4N2OS.C6H7NO2S.CH3NO.CH4S.Br2.Cl3OP.Na/c1-11-7-6-5(9-3-10-7)4(8)2-12-6;7-3-1-11-5-4(3)9-2-10-6(5)8;7-3-1-11-5-4(3)8-2-9-6(5)10;9-6-5-4(1-2-10-5)7-3-8-6;1-9-6(8)5-4(7)2-3-10-5;2-1-3;2*1-2;1-5(2,3)4;/h2-3H,1H3;1-2H;1-2H,(H,8,9,10);1-3H,(H,7,8,9);2-3H,7H2,1H3;1H,(H2,2,3);2H,1H3;;;/q;;;;;;;;;+1/p-1. The predicted molar refractivity (Wildman–Crippen MR) is 302 cm³/mol. The van der Waals surface area contributed by atoms with Crippen LogP contribution < -0.4 is 52.1 Å². The maximum absolute atomic E-state index is 11.1. The molecule has 0 aliphatic rings. The number of aromatic amines is 2. The van der Waals surface area contributed by atoms with Crippen molar-refractivity contribution in [2.75, 3.05) is 25.4 Å². The van der Waals surface area contributed by atoms with E-state index in [0.29, 0.717) is 25.1 Å². The van der Waals surface area contributed by atoms with E-state index < -0.39 is 5.20 Å². The maximum atomic E-state index is 11.1. The summed E-state index contributed by atoms with van der Waals surface area (Å²) >= 11 is 48.3. The van der Waals surface area contributed by atoms with Gasteiger partial charge < -0.3 is 38.8 Å². The van der Waals surface area contributed by atoms with E-state index in [4.69, 9.17) is 22.1 Å². The molecule has 0 bridgehead atoms. The number of aromatic nitrogens is 8. The van der Waals surface area contributed by atoms with E-state index in [0.717, 1.165) is 49.9 Å². The molecule has 34 heteroatoms. The zero-order valence-corrected chi connectivity index (χ0v) is 53.5. The van der Waals surface area contributed by atoms with Crippen LogP contribution in [0.4, 0.5) is 5.69 Å². The Bertz CT molecular complexity index is 3050. The van der Waals surface area contributed by atoms with Crippen molar-refractivity contribution in [3.63, 3.8) is 0 Å². The number of nitrogens with zero attached hydrogens (tertiary/aromatic N) is 6. The number of amides is 1. The van der Waals surface area contributed by atoms with Gasteiger partial charge in [0.2, 0.25) is 6.41 Å². The zero-order chi connectivity index (χ0) is 50.0. The summed E-state index contributed by atoms with van der Waals surface area (Å²) in [6.45, 7) is 0. The second kappa shape index (κ2) is 36.6. The number of nitrogen functional groups attached to an aromatic ring is 1. The molecule has 9 aromatic rings. The molecular weight excluding hydrogens is 1450 g/mol. The van der Waals surface area contributed by atoms with Crippen molar-refractivity contribution in [1.82, 2.24) is 39.9 Å². The van der Waals surface area contributed by atoms with Crippen LogP contribution in [0, 0.1) is 0 Å². The van der Waals surface area contributed by atoms with Gasteiger partial charge in [-0.05, 0) is 111 Å². The Kier molecular flexibility index (Phi) is 36.4. The number of nitrogens with one attached hydrogen (secondary N) is 2. The van der Waals surface area contributed by atoms with Crippen LogP contribution in [-0.2, 0) is 26.7 Å². The number of fused-ring (bicyclic) bond motifs is 4. The Hall–Kier alpha value is -0.310. The van der Waals surface area contributed by atoms with Crippen LogP contribution in [0.2, 0.25) is 5.15 Å². The van der Waals surface area contributed by atoms with Gasteiger partial charge in [-0.3, -0.25) is 18.9 Å². The molecule has 0 spiro atoms. The minimum Gasteiger partial charge on any atom is -0.796 e. The molecule has 0 radical (unpaired) electrons. The first kappa shape index (κ1) is 66.7. The molecule has 67 heavy (non-hydrogen) atoms. The first-order chi connectivity index (χ1) is 31.4. The van der Waals surface area contributed by atoms with Gasteiger partial charge in [-0.1, -0.05) is 11.6 Å². The third-order valence-corrected chi connectivity index (χ3v) is 15.1. The summed E-state index contributed by atoms with van der Waals surface area (Å²) in [6, 6.07) is 3.51. The largest absolute Gasteiger partial charge is 1.00 e. The molecule has 16 nitrogen and oxygen atoms in total. The number of nitrogens with two attached hydrogens (primary N) is 2. The van der Waals surface area contributed by atoms with E-state index in [1.54, 1.807) is 47.1 Å². The minimum atomic E-state index is -3.22. The van der Waals surface area contributed by atoms with Gasteiger partial charge in [0.05, 0.1) is 59.3 Å². The van der Waals surface area contributed by atoms with Crippen molar-refractivity contribution in [2.24, 2.45) is 5.73 Å². The monoisotopic (exact) mass is 1470 g/mol. The van der Waals surface area contributed by atoms with E-state index in [1.807, 2.05) is 33.8 Å². The van der Waals surface area contributed by atoms with Crippen LogP contribution in [0.5, 0.6) is 0 Å². The van der Waals surface area contributed by atoms with Crippen LogP contribution in [-0.4, -0.2) is 71.9 Å². The number of thiophene rings is 5. The van der Waals surface area contributed by atoms with E-state index >= 15 is 0 Å². The predicted octanol–water partition coefficient (Wildman–Crippen LogP) is 10.9. The fourth-order valence-electron chi connectivity index (χ4n) is 3.95. The number of H-pyrrole nitrogens is 2. The van der Waals surface area contributed by atoms with Crippen LogP contribution in [0.3, 0.4) is 0 Å². The Labute approximate surface area is 492 Å². The summed E-state index contributed by atoms with van der Waals surface area (Å²) in [5.74, 6) is -0.368. The number of carbonyl (C=O) groups excluding carboxylic acids is 2. The molecule has 0 saturated heterocycles. The number of anilines is 1. The molecule has 9 heterocycles. The van der Waals surface area contributed by atoms with E-state index in [1.165, 1.54) is 71.4 Å². The molecule has 9 rings (SSSR count). The van der Waals surface area contributed by atoms with Crippen LogP contribution >= 0.6 is 195 Å². The molecular formula is C33H27Br5Cl4N10NaO6PS7. The normalized spacial score (nSPS) is 9.63. The van der Waals surface area contributed by atoms with Crippen molar-refractivity contribution in [2.45, 2.75) is 5.03 Å². The summed E-state index contributed by atoms with van der Waals surface area (Å²) in [4.78, 5) is 71.2. The molecule has 6 N–H and O–H groups in total. The Morgan fingerprint density at radius 1 is 0.776 bits per heavy atom. The van der Waals surface area contributed by atoms with Gasteiger partial charge in [0.25, 0.3) is 11.1 Å².